The van der Waals surface area contributed by atoms with E-state index in [9.17, 15) is 4.79 Å². The van der Waals surface area contributed by atoms with E-state index in [-0.39, 0.29) is 12.1 Å². The third-order valence-electron chi connectivity index (χ3n) is 2.63. The van der Waals surface area contributed by atoms with Gasteiger partial charge in [0.05, 0.1) is 12.6 Å². The van der Waals surface area contributed by atoms with Crippen LogP contribution in [-0.4, -0.2) is 24.1 Å². The molecular formula is C11H15NO2S. The number of ether oxygens (including phenoxy) is 1. The molecule has 2 heterocycles. The molecule has 1 aliphatic rings. The minimum atomic E-state index is -0.173. The molecule has 1 unspecified atom stereocenters. The van der Waals surface area contributed by atoms with E-state index in [0.29, 0.717) is 6.61 Å². The first-order valence-electron chi connectivity index (χ1n) is 5.29. The number of likely N-dealkylation sites (tertiary alicyclic amines) is 1. The summed E-state index contributed by atoms with van der Waals surface area (Å²) >= 11 is 1.71. The fraction of sp³-hybridized carbons (Fsp3) is 0.545. The number of hydrogen-bond donors (Lipinski definition) is 0. The summed E-state index contributed by atoms with van der Waals surface area (Å²) in [4.78, 5) is 14.8. The van der Waals surface area contributed by atoms with Crippen LogP contribution in [-0.2, 0) is 4.74 Å². The SMILES string of the molecule is CCOC(=O)N1CCCC1c1cccs1. The predicted octanol–water partition coefficient (Wildman–Crippen LogP) is 3.04. The smallest absolute Gasteiger partial charge is 0.410 e. The molecule has 1 aromatic heterocycles. The van der Waals surface area contributed by atoms with Crippen molar-refractivity contribution in [1.29, 1.82) is 0 Å². The van der Waals surface area contributed by atoms with Crippen molar-refractivity contribution in [3.05, 3.63) is 22.4 Å². The molecule has 1 saturated heterocycles. The summed E-state index contributed by atoms with van der Waals surface area (Å²) < 4.78 is 5.05. The average Bonchev–Trinajstić information content (AvgIpc) is 2.88. The van der Waals surface area contributed by atoms with E-state index in [0.717, 1.165) is 19.4 Å². The first-order chi connectivity index (χ1) is 7.33. The lowest BCUT2D eigenvalue weighted by Gasteiger charge is -2.22. The number of rotatable bonds is 2. The Morgan fingerprint density at radius 2 is 2.60 bits per heavy atom. The molecule has 1 atom stereocenters. The summed E-state index contributed by atoms with van der Waals surface area (Å²) in [6.07, 6.45) is 1.95. The van der Waals surface area contributed by atoms with Gasteiger partial charge in [0.1, 0.15) is 0 Å². The molecule has 1 aromatic rings. The molecule has 0 bridgehead atoms. The molecular weight excluding hydrogens is 210 g/mol. The fourth-order valence-corrected chi connectivity index (χ4v) is 2.84. The Morgan fingerprint density at radius 3 is 3.27 bits per heavy atom. The molecule has 2 rings (SSSR count). The van der Waals surface area contributed by atoms with Crippen LogP contribution in [0.2, 0.25) is 0 Å². The second-order valence-electron chi connectivity index (χ2n) is 3.57. The second-order valence-corrected chi connectivity index (χ2v) is 4.55. The molecule has 1 fully saturated rings. The van der Waals surface area contributed by atoms with Crippen LogP contribution in [0.25, 0.3) is 0 Å². The Bertz CT molecular complexity index is 323. The predicted molar refractivity (Wildman–Crippen MR) is 60.0 cm³/mol. The van der Waals surface area contributed by atoms with Gasteiger partial charge in [0.15, 0.2) is 0 Å². The normalized spacial score (nSPS) is 20.6. The summed E-state index contributed by atoms with van der Waals surface area (Å²) in [6.45, 7) is 3.11. The van der Waals surface area contributed by atoms with E-state index < -0.39 is 0 Å². The van der Waals surface area contributed by atoms with Gasteiger partial charge in [0.2, 0.25) is 0 Å². The van der Waals surface area contributed by atoms with E-state index in [4.69, 9.17) is 4.74 Å². The lowest BCUT2D eigenvalue weighted by molar-refractivity contribution is 0.103. The van der Waals surface area contributed by atoms with Crippen LogP contribution in [0.3, 0.4) is 0 Å². The molecule has 4 heteroatoms. The van der Waals surface area contributed by atoms with Crippen molar-refractivity contribution in [1.82, 2.24) is 4.90 Å². The molecule has 0 N–H and O–H groups in total. The highest BCUT2D eigenvalue weighted by molar-refractivity contribution is 7.10. The zero-order valence-corrected chi connectivity index (χ0v) is 9.63. The zero-order valence-electron chi connectivity index (χ0n) is 8.81. The van der Waals surface area contributed by atoms with Crippen LogP contribution >= 0.6 is 11.3 Å². The van der Waals surface area contributed by atoms with Gasteiger partial charge in [-0.2, -0.15) is 0 Å². The van der Waals surface area contributed by atoms with Crippen LogP contribution in [0.15, 0.2) is 17.5 Å². The number of thiophene rings is 1. The Labute approximate surface area is 93.7 Å². The second kappa shape index (κ2) is 4.66. The van der Waals surface area contributed by atoms with E-state index in [1.165, 1.54) is 4.88 Å². The van der Waals surface area contributed by atoms with E-state index in [1.807, 2.05) is 17.9 Å². The Balaban J connectivity index is 2.08. The highest BCUT2D eigenvalue weighted by Crippen LogP contribution is 2.34. The van der Waals surface area contributed by atoms with Crippen molar-refractivity contribution in [2.24, 2.45) is 0 Å². The van der Waals surface area contributed by atoms with Crippen LogP contribution in [0, 0.1) is 0 Å². The van der Waals surface area contributed by atoms with Gasteiger partial charge in [-0.25, -0.2) is 4.79 Å². The number of carbonyl (C=O) groups is 1. The summed E-state index contributed by atoms with van der Waals surface area (Å²) in [7, 11) is 0. The molecule has 0 aromatic carbocycles. The Hall–Kier alpha value is -1.03. The number of nitrogens with zero attached hydrogens (tertiary/aromatic N) is 1. The largest absolute Gasteiger partial charge is 0.450 e. The van der Waals surface area contributed by atoms with Crippen LogP contribution < -0.4 is 0 Å². The standard InChI is InChI=1S/C11H15NO2S/c1-2-14-11(13)12-7-3-5-9(12)10-6-4-8-15-10/h4,6,8-9H,2-3,5,7H2,1H3. The minimum Gasteiger partial charge on any atom is -0.450 e. The third kappa shape index (κ3) is 2.15. The van der Waals surface area contributed by atoms with Gasteiger partial charge in [-0.1, -0.05) is 6.07 Å². The first kappa shape index (κ1) is 10.5. The summed E-state index contributed by atoms with van der Waals surface area (Å²) in [5.74, 6) is 0. The van der Waals surface area contributed by atoms with Crippen molar-refractivity contribution in [3.8, 4) is 0 Å². The van der Waals surface area contributed by atoms with E-state index in [2.05, 4.69) is 11.4 Å². The minimum absolute atomic E-state index is 0.173. The maximum atomic E-state index is 11.7. The summed E-state index contributed by atoms with van der Waals surface area (Å²) in [5, 5.41) is 2.05. The lowest BCUT2D eigenvalue weighted by Crippen LogP contribution is -2.30. The molecule has 3 nitrogen and oxygen atoms in total. The summed E-state index contributed by atoms with van der Waals surface area (Å²) in [5.41, 5.74) is 0. The lowest BCUT2D eigenvalue weighted by atomic mass is 10.2. The molecule has 1 aliphatic heterocycles. The first-order valence-corrected chi connectivity index (χ1v) is 6.17. The molecule has 15 heavy (non-hydrogen) atoms. The van der Waals surface area contributed by atoms with Crippen molar-refractivity contribution in [2.75, 3.05) is 13.2 Å². The van der Waals surface area contributed by atoms with Crippen LogP contribution in [0.4, 0.5) is 4.79 Å². The van der Waals surface area contributed by atoms with Crippen molar-refractivity contribution >= 4 is 17.4 Å². The fourth-order valence-electron chi connectivity index (χ4n) is 1.97. The van der Waals surface area contributed by atoms with Gasteiger partial charge < -0.3 is 9.64 Å². The van der Waals surface area contributed by atoms with Crippen molar-refractivity contribution in [3.63, 3.8) is 0 Å². The molecule has 0 radical (unpaired) electrons. The molecule has 1 amide bonds. The topological polar surface area (TPSA) is 29.5 Å². The van der Waals surface area contributed by atoms with Gasteiger partial charge >= 0.3 is 6.09 Å². The van der Waals surface area contributed by atoms with Gasteiger partial charge in [-0.15, -0.1) is 11.3 Å². The quantitative estimate of drug-likeness (QED) is 0.774. The van der Waals surface area contributed by atoms with E-state index in [1.54, 1.807) is 11.3 Å². The maximum absolute atomic E-state index is 11.7. The highest BCUT2D eigenvalue weighted by Gasteiger charge is 2.31. The van der Waals surface area contributed by atoms with Crippen molar-refractivity contribution < 1.29 is 9.53 Å². The Kier molecular flexibility index (Phi) is 3.26. The van der Waals surface area contributed by atoms with Gasteiger partial charge in [0.25, 0.3) is 0 Å². The number of hydrogen-bond acceptors (Lipinski definition) is 3. The van der Waals surface area contributed by atoms with E-state index >= 15 is 0 Å². The number of amides is 1. The van der Waals surface area contributed by atoms with Crippen molar-refractivity contribution in [2.45, 2.75) is 25.8 Å². The van der Waals surface area contributed by atoms with Gasteiger partial charge in [-0.05, 0) is 31.2 Å². The molecule has 0 saturated carbocycles. The third-order valence-corrected chi connectivity index (χ3v) is 3.60. The number of carbonyl (C=O) groups excluding carboxylic acids is 1. The van der Waals surface area contributed by atoms with Crippen LogP contribution in [0.1, 0.15) is 30.7 Å². The summed E-state index contributed by atoms with van der Waals surface area (Å²) in [6, 6.07) is 4.36. The van der Waals surface area contributed by atoms with Gasteiger partial charge in [-0.3, -0.25) is 0 Å². The molecule has 82 valence electrons. The monoisotopic (exact) mass is 225 g/mol. The Morgan fingerprint density at radius 1 is 1.73 bits per heavy atom. The average molecular weight is 225 g/mol. The molecule has 0 aliphatic carbocycles. The maximum Gasteiger partial charge on any atom is 0.410 e. The van der Waals surface area contributed by atoms with Crippen LogP contribution in [0.5, 0.6) is 0 Å². The highest BCUT2D eigenvalue weighted by atomic mass is 32.1. The molecule has 0 spiro atoms. The zero-order chi connectivity index (χ0) is 10.7. The van der Waals surface area contributed by atoms with Gasteiger partial charge in [0, 0.05) is 11.4 Å².